The standard InChI is InChI=1S/C16H32N4O4/c1-15(2,3)24-14(23)18-16(4,5)13(22)17-9-10-20(8)11-12(21)19(6)7/h9-11H2,1-8H3,(H,17,22)(H,18,23). The third-order valence-electron chi connectivity index (χ3n) is 3.06. The van der Waals surface area contributed by atoms with E-state index in [-0.39, 0.29) is 18.4 Å². The topological polar surface area (TPSA) is 91.0 Å². The van der Waals surface area contributed by atoms with Crippen LogP contribution in [0.5, 0.6) is 0 Å². The Morgan fingerprint density at radius 1 is 1.00 bits per heavy atom. The molecule has 0 rings (SSSR count). The van der Waals surface area contributed by atoms with Crippen LogP contribution in [0.15, 0.2) is 0 Å². The van der Waals surface area contributed by atoms with E-state index < -0.39 is 17.2 Å². The molecule has 8 nitrogen and oxygen atoms in total. The molecular weight excluding hydrogens is 312 g/mol. The minimum absolute atomic E-state index is 0.00394. The number of ether oxygens (including phenoxy) is 1. The summed E-state index contributed by atoms with van der Waals surface area (Å²) in [5, 5.41) is 5.30. The highest BCUT2D eigenvalue weighted by molar-refractivity contribution is 5.89. The number of nitrogens with zero attached hydrogens (tertiary/aromatic N) is 2. The number of amides is 3. The summed E-state index contributed by atoms with van der Waals surface area (Å²) in [5.74, 6) is -0.323. The number of carbonyl (C=O) groups is 3. The van der Waals surface area contributed by atoms with Crippen LogP contribution in [-0.2, 0) is 14.3 Å². The van der Waals surface area contributed by atoms with E-state index in [9.17, 15) is 14.4 Å². The summed E-state index contributed by atoms with van der Waals surface area (Å²) in [6.45, 7) is 9.64. The van der Waals surface area contributed by atoms with Crippen molar-refractivity contribution < 1.29 is 19.1 Å². The van der Waals surface area contributed by atoms with Crippen molar-refractivity contribution in [2.75, 3.05) is 40.8 Å². The predicted molar refractivity (Wildman–Crippen MR) is 92.6 cm³/mol. The van der Waals surface area contributed by atoms with Gasteiger partial charge in [0.1, 0.15) is 11.1 Å². The van der Waals surface area contributed by atoms with Gasteiger partial charge in [0.15, 0.2) is 0 Å². The van der Waals surface area contributed by atoms with Gasteiger partial charge in [0.05, 0.1) is 6.54 Å². The van der Waals surface area contributed by atoms with Crippen LogP contribution in [0.1, 0.15) is 34.6 Å². The van der Waals surface area contributed by atoms with Gasteiger partial charge >= 0.3 is 6.09 Å². The molecule has 0 saturated heterocycles. The Morgan fingerprint density at radius 3 is 2.00 bits per heavy atom. The number of rotatable bonds is 7. The lowest BCUT2D eigenvalue weighted by Gasteiger charge is -2.28. The zero-order valence-corrected chi connectivity index (χ0v) is 16.1. The third-order valence-corrected chi connectivity index (χ3v) is 3.06. The highest BCUT2D eigenvalue weighted by Gasteiger charge is 2.31. The summed E-state index contributed by atoms with van der Waals surface area (Å²) in [4.78, 5) is 38.9. The molecule has 0 unspecified atom stereocenters. The largest absolute Gasteiger partial charge is 0.444 e. The molecule has 0 bridgehead atoms. The summed E-state index contributed by atoms with van der Waals surface area (Å²) >= 11 is 0. The van der Waals surface area contributed by atoms with E-state index in [0.717, 1.165) is 0 Å². The van der Waals surface area contributed by atoms with Crippen molar-refractivity contribution in [3.63, 3.8) is 0 Å². The number of hydrogen-bond acceptors (Lipinski definition) is 5. The molecule has 2 N–H and O–H groups in total. The van der Waals surface area contributed by atoms with Crippen LogP contribution in [0.25, 0.3) is 0 Å². The lowest BCUT2D eigenvalue weighted by atomic mass is 10.1. The maximum Gasteiger partial charge on any atom is 0.408 e. The molecule has 0 spiro atoms. The summed E-state index contributed by atoms with van der Waals surface area (Å²) in [7, 11) is 5.20. The molecule has 0 aliphatic heterocycles. The van der Waals surface area contributed by atoms with Gasteiger partial charge in [-0.1, -0.05) is 0 Å². The van der Waals surface area contributed by atoms with E-state index in [1.165, 1.54) is 4.90 Å². The lowest BCUT2D eigenvalue weighted by molar-refractivity contribution is -0.129. The first-order valence-electron chi connectivity index (χ1n) is 7.93. The van der Waals surface area contributed by atoms with E-state index in [4.69, 9.17) is 4.74 Å². The van der Waals surface area contributed by atoms with Crippen LogP contribution >= 0.6 is 0 Å². The first-order chi connectivity index (χ1) is 10.7. The van der Waals surface area contributed by atoms with E-state index in [0.29, 0.717) is 13.1 Å². The number of nitrogens with one attached hydrogen (secondary N) is 2. The van der Waals surface area contributed by atoms with E-state index in [1.807, 2.05) is 4.90 Å². The molecule has 0 radical (unpaired) electrons. The van der Waals surface area contributed by atoms with Gasteiger partial charge in [-0.15, -0.1) is 0 Å². The van der Waals surface area contributed by atoms with Crippen molar-refractivity contribution in [2.24, 2.45) is 0 Å². The van der Waals surface area contributed by atoms with Gasteiger partial charge < -0.3 is 20.3 Å². The van der Waals surface area contributed by atoms with Crippen molar-refractivity contribution in [3.05, 3.63) is 0 Å². The number of likely N-dealkylation sites (N-methyl/N-ethyl adjacent to an activating group) is 2. The maximum atomic E-state index is 12.2. The number of carbonyl (C=O) groups excluding carboxylic acids is 3. The Labute approximate surface area is 144 Å². The molecule has 0 aliphatic carbocycles. The lowest BCUT2D eigenvalue weighted by Crippen LogP contribution is -2.56. The SMILES string of the molecule is CN(CCNC(=O)C(C)(C)NC(=O)OC(C)(C)C)CC(=O)N(C)C. The fourth-order valence-electron chi connectivity index (χ4n) is 1.65. The minimum Gasteiger partial charge on any atom is -0.444 e. The van der Waals surface area contributed by atoms with Crippen LogP contribution in [0.4, 0.5) is 4.79 Å². The highest BCUT2D eigenvalue weighted by Crippen LogP contribution is 2.09. The molecule has 140 valence electrons. The smallest absolute Gasteiger partial charge is 0.408 e. The van der Waals surface area contributed by atoms with Gasteiger partial charge in [-0.2, -0.15) is 0 Å². The maximum absolute atomic E-state index is 12.2. The summed E-state index contributed by atoms with van der Waals surface area (Å²) in [5.41, 5.74) is -1.72. The Kier molecular flexibility index (Phi) is 8.19. The molecule has 0 fully saturated rings. The fraction of sp³-hybridized carbons (Fsp3) is 0.812. The quantitative estimate of drug-likeness (QED) is 0.699. The zero-order chi connectivity index (χ0) is 19.1. The molecule has 0 atom stereocenters. The average molecular weight is 344 g/mol. The number of hydrogen-bond donors (Lipinski definition) is 2. The van der Waals surface area contributed by atoms with Crippen molar-refractivity contribution in [3.8, 4) is 0 Å². The monoisotopic (exact) mass is 344 g/mol. The van der Waals surface area contributed by atoms with E-state index in [2.05, 4.69) is 10.6 Å². The Hall–Kier alpha value is -1.83. The van der Waals surface area contributed by atoms with E-state index >= 15 is 0 Å². The van der Waals surface area contributed by atoms with Gasteiger partial charge in [-0.05, 0) is 41.7 Å². The summed E-state index contributed by atoms with van der Waals surface area (Å²) in [6, 6.07) is 0. The van der Waals surface area contributed by atoms with Gasteiger partial charge in [0, 0.05) is 27.2 Å². The minimum atomic E-state index is -1.10. The van der Waals surface area contributed by atoms with Gasteiger partial charge in [0.25, 0.3) is 0 Å². The predicted octanol–water partition coefficient (Wildman–Crippen LogP) is 0.426. The zero-order valence-electron chi connectivity index (χ0n) is 16.1. The summed E-state index contributed by atoms with van der Waals surface area (Å²) in [6.07, 6.45) is -0.642. The average Bonchev–Trinajstić information content (AvgIpc) is 2.34. The molecule has 0 aromatic rings. The molecule has 0 saturated carbocycles. The first kappa shape index (κ1) is 22.2. The van der Waals surface area contributed by atoms with Crippen molar-refractivity contribution in [2.45, 2.75) is 45.8 Å². The molecular formula is C16H32N4O4. The fourth-order valence-corrected chi connectivity index (χ4v) is 1.65. The van der Waals surface area contributed by atoms with Crippen LogP contribution in [0.2, 0.25) is 0 Å². The Balaban J connectivity index is 4.30. The second-order valence-electron chi connectivity index (χ2n) is 7.53. The molecule has 8 heteroatoms. The van der Waals surface area contributed by atoms with Gasteiger partial charge in [0.2, 0.25) is 11.8 Å². The Morgan fingerprint density at radius 2 is 1.54 bits per heavy atom. The van der Waals surface area contributed by atoms with Gasteiger partial charge in [-0.25, -0.2) is 4.79 Å². The van der Waals surface area contributed by atoms with Crippen LogP contribution in [-0.4, -0.2) is 79.6 Å². The van der Waals surface area contributed by atoms with Crippen LogP contribution in [0.3, 0.4) is 0 Å². The molecule has 0 heterocycles. The van der Waals surface area contributed by atoms with Crippen LogP contribution in [0, 0.1) is 0 Å². The van der Waals surface area contributed by atoms with Crippen molar-refractivity contribution in [1.29, 1.82) is 0 Å². The third kappa shape index (κ3) is 9.34. The molecule has 3 amide bonds. The summed E-state index contributed by atoms with van der Waals surface area (Å²) < 4.78 is 5.15. The molecule has 0 aliphatic rings. The van der Waals surface area contributed by atoms with E-state index in [1.54, 1.807) is 55.8 Å². The molecule has 24 heavy (non-hydrogen) atoms. The first-order valence-corrected chi connectivity index (χ1v) is 7.93. The second kappa shape index (κ2) is 8.86. The second-order valence-corrected chi connectivity index (χ2v) is 7.53. The molecule has 0 aromatic heterocycles. The number of alkyl carbamates (subject to hydrolysis) is 1. The highest BCUT2D eigenvalue weighted by atomic mass is 16.6. The normalized spacial score (nSPS) is 11.9. The van der Waals surface area contributed by atoms with Crippen LogP contribution < -0.4 is 10.6 Å². The van der Waals surface area contributed by atoms with Crippen molar-refractivity contribution >= 4 is 17.9 Å². The van der Waals surface area contributed by atoms with Gasteiger partial charge in [-0.3, -0.25) is 14.5 Å². The van der Waals surface area contributed by atoms with Crippen molar-refractivity contribution in [1.82, 2.24) is 20.4 Å². The Bertz CT molecular complexity index is 455. The molecule has 0 aromatic carbocycles.